The van der Waals surface area contributed by atoms with Crippen LogP contribution in [0.4, 0.5) is 0 Å². The van der Waals surface area contributed by atoms with Gasteiger partial charge in [0.05, 0.1) is 22.4 Å². The summed E-state index contributed by atoms with van der Waals surface area (Å²) in [4.78, 5) is 4.81. The number of fused-ring (bicyclic) bond motifs is 3. The Bertz CT molecular complexity index is 2280. The van der Waals surface area contributed by atoms with Crippen LogP contribution in [0.25, 0.3) is 44.4 Å². The molecule has 0 aliphatic rings. The number of ether oxygens (including phenoxy) is 1. The molecule has 0 atom stereocenters. The lowest BCUT2D eigenvalue weighted by atomic mass is 9.86. The fraction of sp³-hybridized carbons (Fsp3) is 0.273. The lowest BCUT2D eigenvalue weighted by Gasteiger charge is -2.19. The monoisotopic (exact) mass is 646 g/mol. The van der Waals surface area contributed by atoms with Gasteiger partial charge in [-0.2, -0.15) is 5.10 Å². The Balaban J connectivity index is 1.34. The van der Waals surface area contributed by atoms with E-state index in [0.29, 0.717) is 0 Å². The highest BCUT2D eigenvalue weighted by atomic mass is 16.5. The average Bonchev–Trinajstić information content (AvgIpc) is 3.56. The molecule has 4 aromatic carbocycles. The summed E-state index contributed by atoms with van der Waals surface area (Å²) in [5.41, 5.74) is 11.5. The van der Waals surface area contributed by atoms with Crippen LogP contribution < -0.4 is 4.74 Å². The summed E-state index contributed by atoms with van der Waals surface area (Å²) >= 11 is 0. The molecule has 7 rings (SSSR count). The molecule has 49 heavy (non-hydrogen) atoms. The summed E-state index contributed by atoms with van der Waals surface area (Å²) in [6, 6.07) is 34.6. The molecule has 0 spiro atoms. The second-order valence-corrected chi connectivity index (χ2v) is 14.4. The van der Waals surface area contributed by atoms with E-state index >= 15 is 0 Å². The third kappa shape index (κ3) is 6.38. The zero-order valence-electron chi connectivity index (χ0n) is 29.8. The van der Waals surface area contributed by atoms with Gasteiger partial charge in [0.2, 0.25) is 0 Å². The van der Waals surface area contributed by atoms with Crippen molar-refractivity contribution in [2.75, 3.05) is 0 Å². The summed E-state index contributed by atoms with van der Waals surface area (Å²) in [6.45, 7) is 15.4. The second kappa shape index (κ2) is 13.0. The van der Waals surface area contributed by atoms with E-state index in [0.717, 1.165) is 58.3 Å². The highest BCUT2D eigenvalue weighted by Crippen LogP contribution is 2.38. The SMILES string of the molecule is CCCCCc1cc(Oc2ccc3c4cc(C(C)(C)C)ccc4n(-c4cc(C)ccn4)c3c2)cc(-n2nc(C)c(-c3ccccc3)c2C)c1. The molecule has 0 aliphatic carbocycles. The Morgan fingerprint density at radius 2 is 1.55 bits per heavy atom. The van der Waals surface area contributed by atoms with Gasteiger partial charge in [-0.25, -0.2) is 9.67 Å². The Kier molecular flexibility index (Phi) is 8.62. The van der Waals surface area contributed by atoms with Crippen molar-refractivity contribution in [3.8, 4) is 34.1 Å². The summed E-state index contributed by atoms with van der Waals surface area (Å²) in [7, 11) is 0. The molecule has 5 heteroatoms. The first-order chi connectivity index (χ1) is 23.6. The Morgan fingerprint density at radius 1 is 0.735 bits per heavy atom. The number of unbranched alkanes of at least 4 members (excludes halogenated alkanes) is 2. The molecule has 7 aromatic rings. The predicted octanol–water partition coefficient (Wildman–Crippen LogP) is 11.8. The van der Waals surface area contributed by atoms with Crippen LogP contribution in [-0.4, -0.2) is 19.3 Å². The zero-order chi connectivity index (χ0) is 34.3. The summed E-state index contributed by atoms with van der Waals surface area (Å²) in [6.07, 6.45) is 6.40. The highest BCUT2D eigenvalue weighted by molar-refractivity contribution is 6.09. The fourth-order valence-corrected chi connectivity index (χ4v) is 7.02. The molecule has 0 radical (unpaired) electrons. The van der Waals surface area contributed by atoms with Crippen molar-refractivity contribution < 1.29 is 4.74 Å². The summed E-state index contributed by atoms with van der Waals surface area (Å²) in [5.74, 6) is 2.50. The number of aryl methyl sites for hydroxylation is 3. The van der Waals surface area contributed by atoms with Gasteiger partial charge in [-0.15, -0.1) is 0 Å². The highest BCUT2D eigenvalue weighted by Gasteiger charge is 2.20. The molecule has 0 unspecified atom stereocenters. The number of hydrogen-bond donors (Lipinski definition) is 0. The van der Waals surface area contributed by atoms with Gasteiger partial charge >= 0.3 is 0 Å². The van der Waals surface area contributed by atoms with Crippen LogP contribution in [0.2, 0.25) is 0 Å². The number of hydrogen-bond acceptors (Lipinski definition) is 3. The minimum Gasteiger partial charge on any atom is -0.457 e. The van der Waals surface area contributed by atoms with E-state index in [-0.39, 0.29) is 5.41 Å². The van der Waals surface area contributed by atoms with Gasteiger partial charge in [-0.3, -0.25) is 4.57 Å². The third-order valence-corrected chi connectivity index (χ3v) is 9.59. The second-order valence-electron chi connectivity index (χ2n) is 14.4. The molecule has 0 saturated carbocycles. The van der Waals surface area contributed by atoms with Crippen molar-refractivity contribution in [3.63, 3.8) is 0 Å². The number of pyridine rings is 1. The van der Waals surface area contributed by atoms with Crippen LogP contribution in [0, 0.1) is 20.8 Å². The van der Waals surface area contributed by atoms with Crippen LogP contribution in [0.3, 0.4) is 0 Å². The largest absolute Gasteiger partial charge is 0.457 e. The van der Waals surface area contributed by atoms with E-state index in [1.54, 1.807) is 0 Å². The molecular formula is C44H46N4O. The first-order valence-electron chi connectivity index (χ1n) is 17.6. The molecule has 3 heterocycles. The minimum absolute atomic E-state index is 0.0421. The summed E-state index contributed by atoms with van der Waals surface area (Å²) in [5, 5.41) is 7.44. The topological polar surface area (TPSA) is 44.9 Å². The lowest BCUT2D eigenvalue weighted by Crippen LogP contribution is -2.10. The number of aromatic nitrogens is 4. The van der Waals surface area contributed by atoms with Gasteiger partial charge in [-0.05, 0) is 110 Å². The van der Waals surface area contributed by atoms with Crippen molar-refractivity contribution in [2.45, 2.75) is 79.6 Å². The Hall–Kier alpha value is -5.16. The van der Waals surface area contributed by atoms with E-state index in [1.807, 2.05) is 12.3 Å². The van der Waals surface area contributed by atoms with Crippen LogP contribution in [0.5, 0.6) is 11.5 Å². The molecule has 0 amide bonds. The van der Waals surface area contributed by atoms with Gasteiger partial charge in [0.1, 0.15) is 17.3 Å². The summed E-state index contributed by atoms with van der Waals surface area (Å²) < 4.78 is 11.1. The van der Waals surface area contributed by atoms with Crippen LogP contribution in [0.15, 0.2) is 103 Å². The van der Waals surface area contributed by atoms with E-state index in [2.05, 4.69) is 149 Å². The smallest absolute Gasteiger partial charge is 0.137 e. The molecule has 0 bridgehead atoms. The number of rotatable bonds is 9. The quantitative estimate of drug-likeness (QED) is 0.147. The molecule has 0 saturated heterocycles. The van der Waals surface area contributed by atoms with Gasteiger partial charge in [0.25, 0.3) is 0 Å². The molecular weight excluding hydrogens is 601 g/mol. The number of nitrogens with zero attached hydrogens (tertiary/aromatic N) is 4. The van der Waals surface area contributed by atoms with E-state index in [9.17, 15) is 0 Å². The predicted molar refractivity (Wildman–Crippen MR) is 204 cm³/mol. The van der Waals surface area contributed by atoms with Crippen molar-refractivity contribution in [2.24, 2.45) is 0 Å². The molecule has 0 N–H and O–H groups in total. The molecule has 5 nitrogen and oxygen atoms in total. The maximum absolute atomic E-state index is 6.77. The third-order valence-electron chi connectivity index (χ3n) is 9.59. The Labute approximate surface area is 290 Å². The van der Waals surface area contributed by atoms with Crippen molar-refractivity contribution in [1.29, 1.82) is 0 Å². The maximum Gasteiger partial charge on any atom is 0.137 e. The Morgan fingerprint density at radius 3 is 2.31 bits per heavy atom. The van der Waals surface area contributed by atoms with Crippen LogP contribution in [-0.2, 0) is 11.8 Å². The molecule has 0 aliphatic heterocycles. The van der Waals surface area contributed by atoms with Crippen LogP contribution in [0.1, 0.15) is 75.0 Å². The number of benzene rings is 4. The average molecular weight is 647 g/mol. The first-order valence-corrected chi connectivity index (χ1v) is 17.6. The van der Waals surface area contributed by atoms with Gasteiger partial charge in [0.15, 0.2) is 0 Å². The normalized spacial score (nSPS) is 11.9. The van der Waals surface area contributed by atoms with Gasteiger partial charge < -0.3 is 4.74 Å². The van der Waals surface area contributed by atoms with Gasteiger partial charge in [0, 0.05) is 40.4 Å². The molecule has 3 aromatic heterocycles. The standard InChI is InChI=1S/C44H46N4O/c1-8-9-11-14-32-24-35(48-31(4)43(30(3)46-48)33-15-12-10-13-16-33)27-37(25-32)49-36-18-19-38-39-26-34(44(5,6)7)17-20-40(39)47(41(38)28-36)42-23-29(2)21-22-45-42/h10,12-13,15-28H,8-9,11,14H2,1-7H3. The fourth-order valence-electron chi connectivity index (χ4n) is 7.02. The van der Waals surface area contributed by atoms with E-state index in [1.165, 1.54) is 51.4 Å². The van der Waals surface area contributed by atoms with E-state index < -0.39 is 0 Å². The lowest BCUT2D eigenvalue weighted by molar-refractivity contribution is 0.482. The first kappa shape index (κ1) is 32.4. The zero-order valence-corrected chi connectivity index (χ0v) is 29.8. The maximum atomic E-state index is 6.77. The molecule has 248 valence electrons. The van der Waals surface area contributed by atoms with Crippen molar-refractivity contribution in [1.82, 2.24) is 19.3 Å². The van der Waals surface area contributed by atoms with Gasteiger partial charge in [-0.1, -0.05) is 76.9 Å². The van der Waals surface area contributed by atoms with Crippen molar-refractivity contribution in [3.05, 3.63) is 131 Å². The molecule has 0 fully saturated rings. The minimum atomic E-state index is 0.0421. The van der Waals surface area contributed by atoms with Crippen LogP contribution >= 0.6 is 0 Å². The van der Waals surface area contributed by atoms with Crippen molar-refractivity contribution >= 4 is 21.8 Å². The van der Waals surface area contributed by atoms with E-state index in [4.69, 9.17) is 14.8 Å².